The van der Waals surface area contributed by atoms with Crippen molar-refractivity contribution in [2.75, 3.05) is 39.1 Å². The highest BCUT2D eigenvalue weighted by molar-refractivity contribution is 7.99. The molecular formula is C26H34N4O3S. The van der Waals surface area contributed by atoms with E-state index in [1.54, 1.807) is 43.7 Å². The molecule has 0 spiro atoms. The molecule has 8 heteroatoms. The Balaban J connectivity index is 1.26. The first-order valence-electron chi connectivity index (χ1n) is 12.0. The van der Waals surface area contributed by atoms with Crippen molar-refractivity contribution in [3.05, 3.63) is 54.6 Å². The van der Waals surface area contributed by atoms with E-state index >= 15 is 0 Å². The van der Waals surface area contributed by atoms with E-state index < -0.39 is 6.10 Å². The number of thioether (sulfide) groups is 1. The molecule has 0 aliphatic carbocycles. The maximum absolute atomic E-state index is 11.0. The molecule has 1 saturated heterocycles. The number of hydrogen-bond donors (Lipinski definition) is 2. The number of piperidine rings is 1. The third-order valence-corrected chi connectivity index (χ3v) is 7.77. The van der Waals surface area contributed by atoms with Gasteiger partial charge in [0.25, 0.3) is 0 Å². The Labute approximate surface area is 205 Å². The van der Waals surface area contributed by atoms with E-state index in [0.717, 1.165) is 71.9 Å². The summed E-state index contributed by atoms with van der Waals surface area (Å²) >= 11 is 1.74. The maximum atomic E-state index is 11.0. The van der Waals surface area contributed by atoms with Gasteiger partial charge in [-0.3, -0.25) is 9.97 Å². The minimum absolute atomic E-state index is 0.195. The van der Waals surface area contributed by atoms with Gasteiger partial charge in [-0.05, 0) is 80.4 Å². The Morgan fingerprint density at radius 3 is 2.88 bits per heavy atom. The highest BCUT2D eigenvalue weighted by Crippen LogP contribution is 2.33. The lowest BCUT2D eigenvalue weighted by molar-refractivity contribution is 0.0581. The summed E-state index contributed by atoms with van der Waals surface area (Å²) in [5, 5.41) is 23.0. The summed E-state index contributed by atoms with van der Waals surface area (Å²) in [4.78, 5) is 15.3. The van der Waals surface area contributed by atoms with Gasteiger partial charge in [-0.2, -0.15) is 0 Å². The standard InChI is InChI=1S/C26H34N4O3S/c1-33-21-4-5-24-23(15-21)22(7-9-28-24)25(32)6-3-19-8-13-30(17-20(19)18-31)12-2-14-34-26-16-27-10-11-29-26/h4-5,7,9-11,15-16,19-20,25,31-32H,2-3,6,8,12-14,17-18H2,1H3/t19-,20-,25+/m1/s1. The lowest BCUT2D eigenvalue weighted by atomic mass is 9.81. The number of aliphatic hydroxyl groups excluding tert-OH is 2. The number of nitrogens with zero attached hydrogens (tertiary/aromatic N) is 4. The lowest BCUT2D eigenvalue weighted by Crippen LogP contribution is -2.42. The van der Waals surface area contributed by atoms with Crippen molar-refractivity contribution < 1.29 is 14.9 Å². The summed E-state index contributed by atoms with van der Waals surface area (Å²) in [6.45, 7) is 3.19. The number of aromatic nitrogens is 3. The third-order valence-electron chi connectivity index (χ3n) is 6.77. The van der Waals surface area contributed by atoms with Gasteiger partial charge in [0.15, 0.2) is 0 Å². The van der Waals surface area contributed by atoms with Gasteiger partial charge in [-0.25, -0.2) is 4.98 Å². The highest BCUT2D eigenvalue weighted by atomic mass is 32.2. The van der Waals surface area contributed by atoms with Crippen LogP contribution in [-0.2, 0) is 0 Å². The SMILES string of the molecule is COc1ccc2nccc([C@@H](O)CC[C@@H]3CCN(CCCSc4cnccn4)C[C@@H]3CO)c2c1. The monoisotopic (exact) mass is 482 g/mol. The zero-order valence-electron chi connectivity index (χ0n) is 19.7. The maximum Gasteiger partial charge on any atom is 0.119 e. The molecule has 2 aromatic heterocycles. The molecule has 4 rings (SSSR count). The number of ether oxygens (including phenoxy) is 1. The van der Waals surface area contributed by atoms with Crippen molar-refractivity contribution >= 4 is 22.7 Å². The predicted octanol–water partition coefficient (Wildman–Crippen LogP) is 3.96. The van der Waals surface area contributed by atoms with Gasteiger partial charge in [0.05, 0.1) is 24.9 Å². The average Bonchev–Trinajstić information content (AvgIpc) is 2.89. The highest BCUT2D eigenvalue weighted by Gasteiger charge is 2.29. The second-order valence-corrected chi connectivity index (χ2v) is 10.0. The zero-order valence-corrected chi connectivity index (χ0v) is 20.5. The molecule has 1 aliphatic rings. The third kappa shape index (κ3) is 6.44. The van der Waals surface area contributed by atoms with Gasteiger partial charge in [0, 0.05) is 42.9 Å². The number of aliphatic hydroxyl groups is 2. The van der Waals surface area contributed by atoms with E-state index in [2.05, 4.69) is 19.9 Å². The molecule has 0 unspecified atom stereocenters. The van der Waals surface area contributed by atoms with Crippen LogP contribution in [0.1, 0.15) is 37.4 Å². The van der Waals surface area contributed by atoms with Crippen molar-refractivity contribution in [3.63, 3.8) is 0 Å². The molecule has 3 atom stereocenters. The lowest BCUT2D eigenvalue weighted by Gasteiger charge is -2.38. The number of fused-ring (bicyclic) bond motifs is 1. The fourth-order valence-corrected chi connectivity index (χ4v) is 5.62. The molecule has 2 N–H and O–H groups in total. The average molecular weight is 483 g/mol. The van der Waals surface area contributed by atoms with Crippen LogP contribution in [0, 0.1) is 11.8 Å². The van der Waals surface area contributed by atoms with E-state index in [4.69, 9.17) is 4.74 Å². The number of methoxy groups -OCH3 is 1. The van der Waals surface area contributed by atoms with Crippen LogP contribution in [0.3, 0.4) is 0 Å². The molecule has 0 radical (unpaired) electrons. The van der Waals surface area contributed by atoms with Crippen molar-refractivity contribution in [2.45, 2.75) is 36.8 Å². The quantitative estimate of drug-likeness (QED) is 0.313. The van der Waals surface area contributed by atoms with E-state index in [1.807, 2.05) is 24.3 Å². The number of rotatable bonds is 11. The molecular weight excluding hydrogens is 448 g/mol. The van der Waals surface area contributed by atoms with Crippen molar-refractivity contribution in [1.82, 2.24) is 19.9 Å². The Bertz CT molecular complexity index is 1040. The van der Waals surface area contributed by atoms with Crippen LogP contribution in [0.2, 0.25) is 0 Å². The Kier molecular flexibility index (Phi) is 9.10. The fourth-order valence-electron chi connectivity index (χ4n) is 4.86. The molecule has 7 nitrogen and oxygen atoms in total. The molecule has 3 aromatic rings. The van der Waals surface area contributed by atoms with E-state index in [-0.39, 0.29) is 12.5 Å². The summed E-state index contributed by atoms with van der Waals surface area (Å²) in [6, 6.07) is 7.66. The first-order valence-corrected chi connectivity index (χ1v) is 13.0. The largest absolute Gasteiger partial charge is 0.497 e. The summed E-state index contributed by atoms with van der Waals surface area (Å²) in [6.07, 6.45) is 10.1. The minimum Gasteiger partial charge on any atom is -0.497 e. The summed E-state index contributed by atoms with van der Waals surface area (Å²) < 4.78 is 5.36. The van der Waals surface area contributed by atoms with Gasteiger partial charge < -0.3 is 19.8 Å². The molecule has 0 bridgehead atoms. The van der Waals surface area contributed by atoms with E-state index in [0.29, 0.717) is 12.3 Å². The normalized spacial score (nSPS) is 19.9. The minimum atomic E-state index is -0.562. The van der Waals surface area contributed by atoms with Gasteiger partial charge in [-0.15, -0.1) is 11.8 Å². The predicted molar refractivity (Wildman–Crippen MR) is 135 cm³/mol. The van der Waals surface area contributed by atoms with Gasteiger partial charge in [0.2, 0.25) is 0 Å². The second kappa shape index (κ2) is 12.4. The summed E-state index contributed by atoms with van der Waals surface area (Å²) in [5.41, 5.74) is 1.75. The van der Waals surface area contributed by atoms with Gasteiger partial charge in [0.1, 0.15) is 10.8 Å². The van der Waals surface area contributed by atoms with Crippen molar-refractivity contribution in [2.24, 2.45) is 11.8 Å². The molecule has 182 valence electrons. The number of benzene rings is 1. The summed E-state index contributed by atoms with van der Waals surface area (Å²) in [7, 11) is 1.64. The first-order chi connectivity index (χ1) is 16.7. The van der Waals surface area contributed by atoms with Gasteiger partial charge in [-0.1, -0.05) is 0 Å². The Morgan fingerprint density at radius 1 is 1.18 bits per heavy atom. The molecule has 3 heterocycles. The van der Waals surface area contributed by atoms with Crippen molar-refractivity contribution in [1.29, 1.82) is 0 Å². The number of hydrogen-bond acceptors (Lipinski definition) is 8. The van der Waals surface area contributed by atoms with E-state index in [9.17, 15) is 10.2 Å². The smallest absolute Gasteiger partial charge is 0.119 e. The number of likely N-dealkylation sites (tertiary alicyclic amines) is 1. The van der Waals surface area contributed by atoms with Crippen LogP contribution in [0.25, 0.3) is 10.9 Å². The van der Waals surface area contributed by atoms with E-state index in [1.165, 1.54) is 0 Å². The molecule has 34 heavy (non-hydrogen) atoms. The topological polar surface area (TPSA) is 91.6 Å². The molecule has 0 saturated carbocycles. The zero-order chi connectivity index (χ0) is 23.8. The molecule has 1 fully saturated rings. The Hall–Kier alpha value is -2.26. The second-order valence-electron chi connectivity index (χ2n) is 8.91. The van der Waals surface area contributed by atoms with Crippen LogP contribution in [0.4, 0.5) is 0 Å². The summed E-state index contributed by atoms with van der Waals surface area (Å²) in [5.74, 6) is 2.45. The van der Waals surface area contributed by atoms with Crippen LogP contribution < -0.4 is 4.74 Å². The van der Waals surface area contributed by atoms with Gasteiger partial charge >= 0.3 is 0 Å². The van der Waals surface area contributed by atoms with Crippen LogP contribution >= 0.6 is 11.8 Å². The number of pyridine rings is 1. The molecule has 1 aliphatic heterocycles. The van der Waals surface area contributed by atoms with Crippen LogP contribution in [0.15, 0.2) is 54.1 Å². The molecule has 0 amide bonds. The Morgan fingerprint density at radius 2 is 2.09 bits per heavy atom. The van der Waals surface area contributed by atoms with Crippen LogP contribution in [0.5, 0.6) is 5.75 Å². The van der Waals surface area contributed by atoms with Crippen LogP contribution in [-0.4, -0.2) is 69.2 Å². The fraction of sp³-hybridized carbons (Fsp3) is 0.500. The van der Waals surface area contributed by atoms with Crippen molar-refractivity contribution in [3.8, 4) is 5.75 Å². The first kappa shape index (κ1) is 24.9. The molecule has 1 aromatic carbocycles.